The molecule has 0 aliphatic carbocycles. The Balaban J connectivity index is 2.26. The van der Waals surface area contributed by atoms with Gasteiger partial charge in [0, 0.05) is 11.8 Å². The number of nitro benzene ring substituents is 1. The molecule has 0 aromatic heterocycles. The lowest BCUT2D eigenvalue weighted by molar-refractivity contribution is -0.384. The van der Waals surface area contributed by atoms with Crippen molar-refractivity contribution < 1.29 is 19.2 Å². The van der Waals surface area contributed by atoms with E-state index in [9.17, 15) is 14.9 Å². The third-order valence-electron chi connectivity index (χ3n) is 4.18. The number of hydrogen-bond donors (Lipinski definition) is 0. The zero-order valence-corrected chi connectivity index (χ0v) is 15.4. The molecule has 3 rings (SSSR count). The predicted octanol–water partition coefficient (Wildman–Crippen LogP) is 4.59. The molecule has 0 aliphatic rings. The largest absolute Gasteiger partial charge is 0.496 e. The first kappa shape index (κ1) is 18.9. The number of ether oxygens (including phenoxy) is 2. The molecule has 28 heavy (non-hydrogen) atoms. The average Bonchev–Trinajstić information content (AvgIpc) is 2.74. The van der Waals surface area contributed by atoms with Gasteiger partial charge >= 0.3 is 0 Å². The van der Waals surface area contributed by atoms with Gasteiger partial charge in [0.15, 0.2) is 0 Å². The van der Waals surface area contributed by atoms with Crippen LogP contribution in [0.1, 0.15) is 10.4 Å². The average molecular weight is 378 g/mol. The third-order valence-corrected chi connectivity index (χ3v) is 4.18. The monoisotopic (exact) mass is 378 g/mol. The summed E-state index contributed by atoms with van der Waals surface area (Å²) < 4.78 is 10.7. The van der Waals surface area contributed by atoms with Crippen LogP contribution in [0.3, 0.4) is 0 Å². The molecule has 0 heterocycles. The molecule has 0 fully saturated rings. The summed E-state index contributed by atoms with van der Waals surface area (Å²) >= 11 is 0. The Morgan fingerprint density at radius 2 is 1.43 bits per heavy atom. The van der Waals surface area contributed by atoms with Gasteiger partial charge in [0.25, 0.3) is 11.6 Å². The number of amides is 1. The zero-order valence-electron chi connectivity index (χ0n) is 15.4. The van der Waals surface area contributed by atoms with E-state index in [4.69, 9.17) is 9.47 Å². The van der Waals surface area contributed by atoms with Gasteiger partial charge in [-0.05, 0) is 30.3 Å². The van der Waals surface area contributed by atoms with Crippen LogP contribution in [0.5, 0.6) is 11.5 Å². The van der Waals surface area contributed by atoms with Crippen LogP contribution in [-0.4, -0.2) is 25.1 Å². The molecule has 7 nitrogen and oxygen atoms in total. The number of nitro groups is 1. The highest BCUT2D eigenvalue weighted by atomic mass is 16.6. The van der Waals surface area contributed by atoms with Crippen molar-refractivity contribution in [1.29, 1.82) is 0 Å². The zero-order chi connectivity index (χ0) is 20.1. The van der Waals surface area contributed by atoms with E-state index in [1.54, 1.807) is 60.7 Å². The van der Waals surface area contributed by atoms with Crippen LogP contribution in [0.15, 0.2) is 72.8 Å². The molecular weight excluding hydrogens is 360 g/mol. The molecule has 142 valence electrons. The normalized spacial score (nSPS) is 10.2. The summed E-state index contributed by atoms with van der Waals surface area (Å²) in [5.41, 5.74) is 0.620. The summed E-state index contributed by atoms with van der Waals surface area (Å²) in [7, 11) is 2.90. The van der Waals surface area contributed by atoms with Crippen LogP contribution in [0.4, 0.5) is 17.1 Å². The first-order chi connectivity index (χ1) is 13.6. The fourth-order valence-corrected chi connectivity index (χ4v) is 2.92. The molecule has 0 spiro atoms. The number of nitrogens with zero attached hydrogens (tertiary/aromatic N) is 2. The van der Waals surface area contributed by atoms with Crippen molar-refractivity contribution in [2.45, 2.75) is 0 Å². The lowest BCUT2D eigenvalue weighted by Gasteiger charge is -2.24. The molecule has 0 saturated heterocycles. The molecule has 0 unspecified atom stereocenters. The number of carbonyl (C=O) groups is 1. The smallest absolute Gasteiger partial charge is 0.293 e. The highest BCUT2D eigenvalue weighted by Gasteiger charge is 2.30. The minimum absolute atomic E-state index is 0.150. The van der Waals surface area contributed by atoms with Crippen molar-refractivity contribution in [2.75, 3.05) is 19.1 Å². The van der Waals surface area contributed by atoms with Gasteiger partial charge < -0.3 is 9.47 Å². The Morgan fingerprint density at radius 1 is 0.857 bits per heavy atom. The van der Waals surface area contributed by atoms with Crippen LogP contribution in [-0.2, 0) is 0 Å². The molecular formula is C21H18N2O5. The maximum atomic E-state index is 13.6. The van der Waals surface area contributed by atoms with Gasteiger partial charge in [-0.1, -0.05) is 36.4 Å². The number of para-hydroxylation sites is 3. The van der Waals surface area contributed by atoms with Gasteiger partial charge in [-0.25, -0.2) is 0 Å². The van der Waals surface area contributed by atoms with E-state index in [-0.39, 0.29) is 16.9 Å². The molecule has 0 saturated carbocycles. The van der Waals surface area contributed by atoms with Crippen LogP contribution >= 0.6 is 0 Å². The van der Waals surface area contributed by atoms with E-state index >= 15 is 0 Å². The molecule has 0 N–H and O–H groups in total. The summed E-state index contributed by atoms with van der Waals surface area (Å²) in [6, 6.07) is 19.8. The second-order valence-electron chi connectivity index (χ2n) is 5.76. The number of carbonyl (C=O) groups excluding carboxylic acids is 1. The molecule has 3 aromatic rings. The van der Waals surface area contributed by atoms with Crippen molar-refractivity contribution in [2.24, 2.45) is 0 Å². The maximum Gasteiger partial charge on any atom is 0.293 e. The second-order valence-corrected chi connectivity index (χ2v) is 5.76. The summed E-state index contributed by atoms with van der Waals surface area (Å²) in [5, 5.41) is 11.6. The molecule has 0 aliphatic heterocycles. The van der Waals surface area contributed by atoms with Crippen molar-refractivity contribution in [1.82, 2.24) is 0 Å². The number of hydrogen-bond acceptors (Lipinski definition) is 5. The standard InChI is InChI=1S/C21H18N2O5/c1-27-18-13-8-14-19(28-2)20(18)21(24)22(15-9-4-3-5-10-15)16-11-6-7-12-17(16)23(25)26/h3-14H,1-2H3. The highest BCUT2D eigenvalue weighted by Crippen LogP contribution is 2.38. The fourth-order valence-electron chi connectivity index (χ4n) is 2.92. The maximum absolute atomic E-state index is 13.6. The van der Waals surface area contributed by atoms with Crippen molar-refractivity contribution in [3.05, 3.63) is 88.5 Å². The molecule has 0 radical (unpaired) electrons. The number of rotatable bonds is 6. The van der Waals surface area contributed by atoms with E-state index in [1.165, 1.54) is 31.3 Å². The molecule has 3 aromatic carbocycles. The Labute approximate surface area is 161 Å². The van der Waals surface area contributed by atoms with Crippen LogP contribution in [0.2, 0.25) is 0 Å². The highest BCUT2D eigenvalue weighted by molar-refractivity contribution is 6.14. The molecule has 0 bridgehead atoms. The van der Waals surface area contributed by atoms with Gasteiger partial charge in [0.1, 0.15) is 22.7 Å². The van der Waals surface area contributed by atoms with Crippen LogP contribution < -0.4 is 14.4 Å². The quantitative estimate of drug-likeness (QED) is 0.463. The van der Waals surface area contributed by atoms with Gasteiger partial charge in [0.2, 0.25) is 0 Å². The van der Waals surface area contributed by atoms with E-state index in [0.717, 1.165) is 0 Å². The van der Waals surface area contributed by atoms with Crippen LogP contribution in [0.25, 0.3) is 0 Å². The summed E-state index contributed by atoms with van der Waals surface area (Å²) in [6.07, 6.45) is 0. The molecule has 7 heteroatoms. The summed E-state index contributed by atoms with van der Waals surface area (Å²) in [5.74, 6) is 0.113. The first-order valence-corrected chi connectivity index (χ1v) is 8.42. The SMILES string of the molecule is COc1cccc(OC)c1C(=O)N(c1ccccc1)c1ccccc1[N+](=O)[O-]. The van der Waals surface area contributed by atoms with E-state index < -0.39 is 10.8 Å². The Bertz CT molecular complexity index is 982. The minimum Gasteiger partial charge on any atom is -0.496 e. The van der Waals surface area contributed by atoms with E-state index in [0.29, 0.717) is 17.2 Å². The minimum atomic E-state index is -0.516. The number of anilines is 2. The molecule has 1 amide bonds. The lowest BCUT2D eigenvalue weighted by Crippen LogP contribution is -2.27. The fraction of sp³-hybridized carbons (Fsp3) is 0.0952. The van der Waals surface area contributed by atoms with Gasteiger partial charge in [-0.15, -0.1) is 0 Å². The number of methoxy groups -OCH3 is 2. The van der Waals surface area contributed by atoms with Gasteiger partial charge in [0.05, 0.1) is 19.1 Å². The first-order valence-electron chi connectivity index (χ1n) is 8.42. The Hall–Kier alpha value is -3.87. The van der Waals surface area contributed by atoms with Gasteiger partial charge in [-0.3, -0.25) is 19.8 Å². The third kappa shape index (κ3) is 3.50. The van der Waals surface area contributed by atoms with Crippen LogP contribution in [0, 0.1) is 10.1 Å². The Morgan fingerprint density at radius 3 is 2.00 bits per heavy atom. The van der Waals surface area contributed by atoms with E-state index in [2.05, 4.69) is 0 Å². The van der Waals surface area contributed by atoms with Gasteiger partial charge in [-0.2, -0.15) is 0 Å². The van der Waals surface area contributed by atoms with Crippen molar-refractivity contribution in [3.8, 4) is 11.5 Å². The topological polar surface area (TPSA) is 81.9 Å². The summed E-state index contributed by atoms with van der Waals surface area (Å²) in [4.78, 5) is 26.0. The summed E-state index contributed by atoms with van der Waals surface area (Å²) in [6.45, 7) is 0. The molecule has 0 atom stereocenters. The Kier molecular flexibility index (Phi) is 5.55. The van der Waals surface area contributed by atoms with E-state index in [1.807, 2.05) is 0 Å². The van der Waals surface area contributed by atoms with Crippen molar-refractivity contribution >= 4 is 23.0 Å². The van der Waals surface area contributed by atoms with Crippen molar-refractivity contribution in [3.63, 3.8) is 0 Å². The predicted molar refractivity (Wildman–Crippen MR) is 106 cm³/mol. The number of benzene rings is 3. The lowest BCUT2D eigenvalue weighted by atomic mass is 10.1. The second kappa shape index (κ2) is 8.22.